The summed E-state index contributed by atoms with van der Waals surface area (Å²) in [7, 11) is -3.50. The molecule has 236 valence electrons. The summed E-state index contributed by atoms with van der Waals surface area (Å²) < 4.78 is 48.3. The molecular formula is C24H28N7O12P. The Morgan fingerprint density at radius 2 is 2.02 bits per heavy atom. The highest BCUT2D eigenvalue weighted by Crippen LogP contribution is 2.49. The molecule has 2 fully saturated rings. The number of fused-ring (bicyclic) bond motifs is 1. The van der Waals surface area contributed by atoms with Crippen LogP contribution in [0, 0.1) is 0 Å². The van der Waals surface area contributed by atoms with Gasteiger partial charge in [-0.25, -0.2) is 24.3 Å². The van der Waals surface area contributed by atoms with Crippen LogP contribution in [0.15, 0.2) is 51.3 Å². The average molecular weight is 637 g/mol. The van der Waals surface area contributed by atoms with Crippen molar-refractivity contribution in [3.8, 4) is 11.3 Å². The van der Waals surface area contributed by atoms with Gasteiger partial charge in [-0.1, -0.05) is 0 Å². The van der Waals surface area contributed by atoms with E-state index in [9.17, 15) is 29.3 Å². The number of hydrogen-bond donors (Lipinski definition) is 5. The quantitative estimate of drug-likeness (QED) is 0.134. The second-order valence-electron chi connectivity index (χ2n) is 9.98. The molecule has 4 unspecified atom stereocenters. The number of furan rings is 1. The maximum absolute atomic E-state index is 13.0. The van der Waals surface area contributed by atoms with Crippen molar-refractivity contribution in [3.63, 3.8) is 0 Å². The van der Waals surface area contributed by atoms with Crippen LogP contribution >= 0.6 is 7.82 Å². The van der Waals surface area contributed by atoms with Gasteiger partial charge in [-0.3, -0.25) is 28.0 Å². The minimum Gasteiger partial charge on any atom is -0.464 e. The molecule has 2 aliphatic rings. The monoisotopic (exact) mass is 637 g/mol. The first-order valence-electron chi connectivity index (χ1n) is 13.2. The van der Waals surface area contributed by atoms with E-state index in [-0.39, 0.29) is 23.6 Å². The Hall–Kier alpha value is -3.78. The Bertz CT molecular complexity index is 1790. The molecule has 6 heterocycles. The van der Waals surface area contributed by atoms with Gasteiger partial charge in [0, 0.05) is 19.7 Å². The Balaban J connectivity index is 1.13. The highest BCUT2D eigenvalue weighted by atomic mass is 31.2. The van der Waals surface area contributed by atoms with Gasteiger partial charge in [-0.15, -0.1) is 0 Å². The van der Waals surface area contributed by atoms with Crippen LogP contribution in [-0.2, 0) is 27.8 Å². The Labute approximate surface area is 246 Å². The minimum atomic E-state index is -4.85. The number of anilines is 1. The van der Waals surface area contributed by atoms with Crippen molar-refractivity contribution < 1.29 is 47.3 Å². The molecule has 8 atom stereocenters. The SMILES string of the molecule is COC1C(O)[C@@H](COP(=O)(O)OC2C[C@H](n3cc(-c4ccco4)c(=O)[nH]c3=O)O[C@@H]2CO)O[C@H]1n1cnc2c(N)ncnc21. The number of ether oxygens (including phenoxy) is 3. The summed E-state index contributed by atoms with van der Waals surface area (Å²) in [4.78, 5) is 49.8. The van der Waals surface area contributed by atoms with E-state index in [2.05, 4.69) is 19.9 Å². The van der Waals surface area contributed by atoms with E-state index < -0.39 is 75.3 Å². The molecule has 19 nitrogen and oxygen atoms in total. The topological polar surface area (TPSA) is 262 Å². The van der Waals surface area contributed by atoms with Crippen molar-refractivity contribution in [2.75, 3.05) is 26.1 Å². The average Bonchev–Trinajstić information content (AvgIpc) is 3.78. The van der Waals surface area contributed by atoms with Crippen molar-refractivity contribution in [3.05, 3.63) is 58.1 Å². The highest BCUT2D eigenvalue weighted by Gasteiger charge is 2.47. The van der Waals surface area contributed by atoms with Gasteiger partial charge >= 0.3 is 13.5 Å². The summed E-state index contributed by atoms with van der Waals surface area (Å²) in [5.74, 6) is 0.341. The fourth-order valence-corrected chi connectivity index (χ4v) is 6.17. The Morgan fingerprint density at radius 1 is 1.20 bits per heavy atom. The van der Waals surface area contributed by atoms with Crippen molar-refractivity contribution in [2.45, 2.75) is 49.4 Å². The molecule has 0 amide bonds. The molecule has 0 aromatic carbocycles. The number of phosphoric acid groups is 1. The number of nitrogens with two attached hydrogens (primary N) is 1. The molecule has 44 heavy (non-hydrogen) atoms. The third-order valence-corrected chi connectivity index (χ3v) is 8.35. The second kappa shape index (κ2) is 12.0. The zero-order valence-corrected chi connectivity index (χ0v) is 23.8. The molecule has 2 saturated heterocycles. The van der Waals surface area contributed by atoms with Gasteiger partial charge in [0.05, 0.1) is 31.4 Å². The van der Waals surface area contributed by atoms with E-state index in [1.165, 1.54) is 42.9 Å². The summed E-state index contributed by atoms with van der Waals surface area (Å²) in [6.07, 6.45) is -2.72. The summed E-state index contributed by atoms with van der Waals surface area (Å²) in [6.45, 7) is -1.22. The lowest BCUT2D eigenvalue weighted by molar-refractivity contribution is -0.0627. The van der Waals surface area contributed by atoms with E-state index in [4.69, 9.17) is 33.4 Å². The minimum absolute atomic E-state index is 0.0432. The van der Waals surface area contributed by atoms with Crippen LogP contribution in [0.4, 0.5) is 5.82 Å². The summed E-state index contributed by atoms with van der Waals surface area (Å²) in [5.41, 5.74) is 5.02. The molecule has 6 N–H and O–H groups in total. The maximum Gasteiger partial charge on any atom is 0.472 e. The number of hydrogen-bond acceptors (Lipinski definition) is 15. The number of aliphatic hydroxyl groups is 2. The largest absolute Gasteiger partial charge is 0.472 e. The lowest BCUT2D eigenvalue weighted by Crippen LogP contribution is -2.35. The number of nitrogen functional groups attached to an aromatic ring is 1. The Morgan fingerprint density at radius 3 is 2.75 bits per heavy atom. The van der Waals surface area contributed by atoms with Gasteiger partial charge in [0.1, 0.15) is 54.4 Å². The van der Waals surface area contributed by atoms with E-state index in [1.807, 2.05) is 0 Å². The normalized spacial score (nSPS) is 28.5. The fraction of sp³-hybridized carbons (Fsp3) is 0.458. The first-order chi connectivity index (χ1) is 21.1. The van der Waals surface area contributed by atoms with E-state index in [1.54, 1.807) is 6.07 Å². The molecule has 4 aromatic rings. The molecular weight excluding hydrogens is 609 g/mol. The van der Waals surface area contributed by atoms with Crippen LogP contribution in [0.1, 0.15) is 18.9 Å². The number of aromatic amines is 1. The molecule has 0 aliphatic carbocycles. The van der Waals surface area contributed by atoms with Gasteiger partial charge in [-0.2, -0.15) is 0 Å². The third-order valence-electron chi connectivity index (χ3n) is 7.34. The van der Waals surface area contributed by atoms with Crippen LogP contribution in [0.3, 0.4) is 0 Å². The smallest absolute Gasteiger partial charge is 0.464 e. The number of nitrogens with one attached hydrogen (secondary N) is 1. The van der Waals surface area contributed by atoms with Crippen LogP contribution < -0.4 is 17.0 Å². The predicted octanol–water partition coefficient (Wildman–Crippen LogP) is -0.726. The summed E-state index contributed by atoms with van der Waals surface area (Å²) >= 11 is 0. The zero-order valence-electron chi connectivity index (χ0n) is 22.9. The van der Waals surface area contributed by atoms with Crippen molar-refractivity contribution >= 4 is 24.8 Å². The molecule has 0 bridgehead atoms. The van der Waals surface area contributed by atoms with Gasteiger partial charge in [0.2, 0.25) is 0 Å². The first-order valence-corrected chi connectivity index (χ1v) is 14.7. The van der Waals surface area contributed by atoms with E-state index >= 15 is 0 Å². The summed E-state index contributed by atoms with van der Waals surface area (Å²) in [6, 6.07) is 3.09. The molecule has 0 radical (unpaired) electrons. The van der Waals surface area contributed by atoms with E-state index in [0.29, 0.717) is 11.2 Å². The lowest BCUT2D eigenvalue weighted by Gasteiger charge is -2.21. The van der Waals surface area contributed by atoms with Crippen LogP contribution in [0.5, 0.6) is 0 Å². The maximum atomic E-state index is 13.0. The molecule has 0 spiro atoms. The van der Waals surface area contributed by atoms with Gasteiger partial charge in [0.15, 0.2) is 17.7 Å². The van der Waals surface area contributed by atoms with Crippen LogP contribution in [-0.4, -0.2) is 95.0 Å². The molecule has 4 aromatic heterocycles. The van der Waals surface area contributed by atoms with Gasteiger partial charge < -0.3 is 39.5 Å². The fourth-order valence-electron chi connectivity index (χ4n) is 5.21. The van der Waals surface area contributed by atoms with Gasteiger partial charge in [0.25, 0.3) is 5.56 Å². The van der Waals surface area contributed by atoms with Crippen LogP contribution in [0.2, 0.25) is 0 Å². The van der Waals surface area contributed by atoms with Crippen molar-refractivity contribution in [1.29, 1.82) is 0 Å². The summed E-state index contributed by atoms with van der Waals surface area (Å²) in [5, 5.41) is 20.7. The molecule has 2 aliphatic heterocycles. The van der Waals surface area contributed by atoms with Crippen LogP contribution in [0.25, 0.3) is 22.5 Å². The van der Waals surface area contributed by atoms with Crippen molar-refractivity contribution in [2.24, 2.45) is 0 Å². The number of H-pyrrole nitrogens is 1. The number of rotatable bonds is 10. The number of methoxy groups -OCH3 is 1. The highest BCUT2D eigenvalue weighted by molar-refractivity contribution is 7.47. The van der Waals surface area contributed by atoms with Gasteiger partial charge in [-0.05, 0) is 12.1 Å². The third kappa shape index (κ3) is 5.60. The second-order valence-corrected chi connectivity index (χ2v) is 11.4. The number of nitrogens with zero attached hydrogens (tertiary/aromatic N) is 5. The molecule has 20 heteroatoms. The standard InChI is InChI=1S/C24H28N7O12P/c1-38-19-18(33)15(42-23(19)31-10-28-17-20(25)26-9-27-21(17)31)8-40-44(36,37)43-13-5-16(41-14(13)7-32)30-6-11(12-3-2-4-39-12)22(34)29-24(30)35/h2-4,6,9-10,13-16,18-19,23,32-33H,5,7-8H2,1H3,(H,36,37)(H2,25,26,27)(H,29,34,35)/t13?,14-,15-,16-,18?,19?,23-/m1/s1. The zero-order chi connectivity index (χ0) is 31.2. The number of aliphatic hydroxyl groups excluding tert-OH is 2. The number of aromatic nitrogens is 6. The van der Waals surface area contributed by atoms with Crippen molar-refractivity contribution in [1.82, 2.24) is 29.1 Å². The number of imidazole rings is 1. The predicted molar refractivity (Wildman–Crippen MR) is 146 cm³/mol. The van der Waals surface area contributed by atoms with E-state index in [0.717, 1.165) is 4.57 Å². The number of phosphoric ester groups is 1. The molecule has 6 rings (SSSR count). The first kappa shape index (κ1) is 30.3. The Kier molecular flexibility index (Phi) is 8.22. The molecule has 0 saturated carbocycles. The lowest BCUT2D eigenvalue weighted by atomic mass is 10.1.